The molecule has 0 bridgehead atoms. The molecule has 0 unspecified atom stereocenters. The van der Waals surface area contributed by atoms with Crippen LogP contribution in [0.3, 0.4) is 0 Å². The van der Waals surface area contributed by atoms with Gasteiger partial charge in [-0.3, -0.25) is 0 Å². The molecule has 4 nitrogen and oxygen atoms in total. The van der Waals surface area contributed by atoms with Crippen molar-refractivity contribution in [2.75, 3.05) is 12.5 Å². The van der Waals surface area contributed by atoms with Gasteiger partial charge in [-0.1, -0.05) is 0 Å². The van der Waals surface area contributed by atoms with Gasteiger partial charge in [0, 0.05) is 22.3 Å². The summed E-state index contributed by atoms with van der Waals surface area (Å²) in [7, 11) is -6.41. The summed E-state index contributed by atoms with van der Waals surface area (Å²) >= 11 is 2.29. The van der Waals surface area contributed by atoms with E-state index in [-0.39, 0.29) is 8.42 Å². The first kappa shape index (κ1) is 13.7. The summed E-state index contributed by atoms with van der Waals surface area (Å²) in [5.74, 6) is 0. The zero-order valence-electron chi connectivity index (χ0n) is 9.58. The Labute approximate surface area is 114 Å². The highest BCUT2D eigenvalue weighted by atomic mass is 32.2. The van der Waals surface area contributed by atoms with E-state index in [0.29, 0.717) is 0 Å². The van der Waals surface area contributed by atoms with E-state index in [4.69, 9.17) is 0 Å². The molecule has 0 amide bonds. The van der Waals surface area contributed by atoms with E-state index in [0.717, 1.165) is 44.9 Å². The van der Waals surface area contributed by atoms with Gasteiger partial charge in [0.15, 0.2) is 19.7 Å². The minimum Gasteiger partial charge on any atom is -0.223 e. The molecular weight excluding hydrogens is 312 g/mol. The average molecular weight is 322 g/mol. The van der Waals surface area contributed by atoms with Crippen LogP contribution in [0.15, 0.2) is 32.7 Å². The molecule has 0 atom stereocenters. The van der Waals surface area contributed by atoms with Gasteiger partial charge >= 0.3 is 0 Å². The SMILES string of the molecule is CS(=O)(=O)c1ccc(-c2ccc(S(C)(=O)=O)s2)s1. The summed E-state index contributed by atoms with van der Waals surface area (Å²) in [5, 5.41) is 0. The first-order valence-electron chi connectivity index (χ1n) is 4.78. The zero-order valence-corrected chi connectivity index (χ0v) is 12.8. The van der Waals surface area contributed by atoms with Crippen LogP contribution in [0.25, 0.3) is 9.75 Å². The summed E-state index contributed by atoms with van der Waals surface area (Å²) in [4.78, 5) is 1.52. The molecule has 0 spiro atoms. The standard InChI is InChI=1S/C10H10O4S4/c1-17(11,12)9-5-3-7(15-9)8-4-6-10(16-8)18(2,13)14/h3-6H,1-2H3. The van der Waals surface area contributed by atoms with E-state index in [1.807, 2.05) is 0 Å². The maximum absolute atomic E-state index is 11.4. The first-order valence-corrected chi connectivity index (χ1v) is 10.2. The number of sulfone groups is 2. The van der Waals surface area contributed by atoms with Crippen LogP contribution in [0.2, 0.25) is 0 Å². The van der Waals surface area contributed by atoms with E-state index in [2.05, 4.69) is 0 Å². The van der Waals surface area contributed by atoms with Crippen molar-refractivity contribution >= 4 is 42.3 Å². The van der Waals surface area contributed by atoms with Crippen LogP contribution in [0.1, 0.15) is 0 Å². The van der Waals surface area contributed by atoms with Crippen molar-refractivity contribution in [3.63, 3.8) is 0 Å². The number of thiophene rings is 2. The second-order valence-electron chi connectivity index (χ2n) is 3.78. The smallest absolute Gasteiger partial charge is 0.184 e. The summed E-state index contributed by atoms with van der Waals surface area (Å²) < 4.78 is 46.0. The molecule has 2 heterocycles. The molecular formula is C10H10O4S4. The molecule has 0 fully saturated rings. The second-order valence-corrected chi connectivity index (χ2v) is 10.4. The minimum atomic E-state index is -3.21. The lowest BCUT2D eigenvalue weighted by Gasteiger charge is -1.91. The molecule has 0 aliphatic rings. The van der Waals surface area contributed by atoms with E-state index >= 15 is 0 Å². The van der Waals surface area contributed by atoms with Gasteiger partial charge in [0.25, 0.3) is 0 Å². The quantitative estimate of drug-likeness (QED) is 0.869. The largest absolute Gasteiger partial charge is 0.223 e. The van der Waals surface area contributed by atoms with Gasteiger partial charge in [0.05, 0.1) is 0 Å². The predicted molar refractivity (Wildman–Crippen MR) is 73.9 cm³/mol. The molecule has 2 rings (SSSR count). The van der Waals surface area contributed by atoms with Crippen molar-refractivity contribution < 1.29 is 16.8 Å². The Balaban J connectivity index is 2.45. The van der Waals surface area contributed by atoms with Crippen molar-refractivity contribution in [3.8, 4) is 9.75 Å². The highest BCUT2D eigenvalue weighted by molar-refractivity contribution is 7.93. The average Bonchev–Trinajstić information content (AvgIpc) is 2.84. The Bertz CT molecular complexity index is 709. The Morgan fingerprint density at radius 2 is 1.06 bits per heavy atom. The molecule has 98 valence electrons. The molecule has 0 aliphatic heterocycles. The highest BCUT2D eigenvalue weighted by Gasteiger charge is 2.15. The Morgan fingerprint density at radius 3 is 1.28 bits per heavy atom. The molecule has 8 heteroatoms. The lowest BCUT2D eigenvalue weighted by Crippen LogP contribution is -1.91. The molecule has 0 aliphatic carbocycles. The Morgan fingerprint density at radius 1 is 0.722 bits per heavy atom. The third-order valence-electron chi connectivity index (χ3n) is 2.14. The molecule has 2 aromatic rings. The fourth-order valence-corrected chi connectivity index (χ4v) is 5.25. The number of rotatable bonds is 3. The van der Waals surface area contributed by atoms with E-state index in [1.54, 1.807) is 12.1 Å². The second kappa shape index (κ2) is 4.44. The molecule has 0 aromatic carbocycles. The van der Waals surface area contributed by atoms with Crippen LogP contribution in [0, 0.1) is 0 Å². The maximum Gasteiger partial charge on any atom is 0.184 e. The van der Waals surface area contributed by atoms with Gasteiger partial charge in [-0.25, -0.2) is 16.8 Å². The van der Waals surface area contributed by atoms with Gasteiger partial charge in [0.1, 0.15) is 8.42 Å². The fraction of sp³-hybridized carbons (Fsp3) is 0.200. The molecule has 0 radical (unpaired) electrons. The first-order chi connectivity index (χ1) is 8.18. The monoisotopic (exact) mass is 322 g/mol. The summed E-state index contributed by atoms with van der Waals surface area (Å²) in [6, 6.07) is 6.46. The zero-order chi connectivity index (χ0) is 13.6. The third kappa shape index (κ3) is 2.82. The van der Waals surface area contributed by atoms with E-state index < -0.39 is 19.7 Å². The molecule has 0 N–H and O–H groups in total. The summed E-state index contributed by atoms with van der Waals surface area (Å²) in [6.07, 6.45) is 2.30. The van der Waals surface area contributed by atoms with E-state index in [1.165, 1.54) is 12.1 Å². The Kier molecular flexibility index (Phi) is 3.39. The molecule has 0 saturated heterocycles. The number of hydrogen-bond donors (Lipinski definition) is 0. The van der Waals surface area contributed by atoms with Crippen molar-refractivity contribution in [1.29, 1.82) is 0 Å². The van der Waals surface area contributed by atoms with Crippen molar-refractivity contribution in [1.82, 2.24) is 0 Å². The molecule has 2 aromatic heterocycles. The van der Waals surface area contributed by atoms with Crippen molar-refractivity contribution in [2.45, 2.75) is 8.42 Å². The van der Waals surface area contributed by atoms with Crippen molar-refractivity contribution in [2.24, 2.45) is 0 Å². The predicted octanol–water partition coefficient (Wildman–Crippen LogP) is 2.28. The highest BCUT2D eigenvalue weighted by Crippen LogP contribution is 2.36. The van der Waals surface area contributed by atoms with Crippen LogP contribution in [0.5, 0.6) is 0 Å². The number of hydrogen-bond acceptors (Lipinski definition) is 6. The lowest BCUT2D eigenvalue weighted by molar-refractivity contribution is 0.602. The molecule has 0 saturated carbocycles. The van der Waals surface area contributed by atoms with Crippen LogP contribution in [0.4, 0.5) is 0 Å². The maximum atomic E-state index is 11.4. The van der Waals surface area contributed by atoms with Crippen LogP contribution in [-0.2, 0) is 19.7 Å². The molecule has 18 heavy (non-hydrogen) atoms. The Hall–Kier alpha value is -0.700. The minimum absolute atomic E-state index is 0.284. The normalized spacial score (nSPS) is 12.8. The van der Waals surface area contributed by atoms with Gasteiger partial charge in [0.2, 0.25) is 0 Å². The summed E-state index contributed by atoms with van der Waals surface area (Å²) in [5.41, 5.74) is 0. The van der Waals surface area contributed by atoms with Gasteiger partial charge in [-0.05, 0) is 24.3 Å². The van der Waals surface area contributed by atoms with Gasteiger partial charge in [-0.15, -0.1) is 22.7 Å². The topological polar surface area (TPSA) is 68.3 Å². The fourth-order valence-electron chi connectivity index (χ4n) is 1.30. The van der Waals surface area contributed by atoms with Crippen LogP contribution >= 0.6 is 22.7 Å². The third-order valence-corrected chi connectivity index (χ3v) is 8.14. The van der Waals surface area contributed by atoms with Gasteiger partial charge in [-0.2, -0.15) is 0 Å². The lowest BCUT2D eigenvalue weighted by atomic mass is 10.4. The van der Waals surface area contributed by atoms with Crippen LogP contribution in [-0.4, -0.2) is 29.3 Å². The van der Waals surface area contributed by atoms with E-state index in [9.17, 15) is 16.8 Å². The summed E-state index contributed by atoms with van der Waals surface area (Å²) in [6.45, 7) is 0. The van der Waals surface area contributed by atoms with Crippen LogP contribution < -0.4 is 0 Å². The van der Waals surface area contributed by atoms with Gasteiger partial charge < -0.3 is 0 Å². The van der Waals surface area contributed by atoms with Crippen molar-refractivity contribution in [3.05, 3.63) is 24.3 Å².